The summed E-state index contributed by atoms with van der Waals surface area (Å²) >= 11 is 0. The molecule has 0 saturated carbocycles. The van der Waals surface area contributed by atoms with Crippen molar-refractivity contribution in [1.29, 1.82) is 21.0 Å². The molecule has 36 heavy (non-hydrogen) atoms. The van der Waals surface area contributed by atoms with E-state index in [0.717, 1.165) is 5.69 Å². The summed E-state index contributed by atoms with van der Waals surface area (Å²) in [5.41, 5.74) is 4.47. The number of benzene rings is 1. The predicted molar refractivity (Wildman–Crippen MR) is 141 cm³/mol. The standard InChI is InChI=1S/C30H31N5O/c1-29(2,3)24(10-9-15-36)16-26(30(4,5)6)28(23(19-33)20-34)27(22(17-31)18-32)21-11-13-25(14-12-21)35(7)8/h11-14,36H,15H2,1-8H3. The van der Waals surface area contributed by atoms with Crippen LogP contribution in [0.25, 0.3) is 5.57 Å². The minimum absolute atomic E-state index is 0.163. The van der Waals surface area contributed by atoms with Crippen molar-refractivity contribution in [3.8, 4) is 36.1 Å². The van der Waals surface area contributed by atoms with E-state index in [1.807, 2.05) is 96.9 Å². The average molecular weight is 478 g/mol. The Balaban J connectivity index is 4.51. The second kappa shape index (κ2) is 12.3. The van der Waals surface area contributed by atoms with Gasteiger partial charge < -0.3 is 10.0 Å². The highest BCUT2D eigenvalue weighted by atomic mass is 16.2. The Kier molecular flexibility index (Phi) is 10.1. The summed E-state index contributed by atoms with van der Waals surface area (Å²) in [6.07, 6.45) is 0. The van der Waals surface area contributed by atoms with Crippen LogP contribution in [0, 0.1) is 68.0 Å². The predicted octanol–water partition coefficient (Wildman–Crippen LogP) is 5.44. The quantitative estimate of drug-likeness (QED) is 0.267. The van der Waals surface area contributed by atoms with Crippen molar-refractivity contribution < 1.29 is 5.11 Å². The van der Waals surface area contributed by atoms with Gasteiger partial charge in [-0.25, -0.2) is 0 Å². The average Bonchev–Trinajstić information content (AvgIpc) is 2.80. The second-order valence-electron chi connectivity index (χ2n) is 10.2. The van der Waals surface area contributed by atoms with Crippen molar-refractivity contribution in [2.24, 2.45) is 10.8 Å². The number of nitriles is 4. The molecule has 1 aromatic carbocycles. The van der Waals surface area contributed by atoms with E-state index in [1.165, 1.54) is 0 Å². The van der Waals surface area contributed by atoms with Crippen molar-refractivity contribution in [3.63, 3.8) is 0 Å². The summed E-state index contributed by atoms with van der Waals surface area (Å²) in [7, 11) is 3.78. The third kappa shape index (κ3) is 7.25. The van der Waals surface area contributed by atoms with Gasteiger partial charge in [0, 0.05) is 47.5 Å². The van der Waals surface area contributed by atoms with Gasteiger partial charge in [-0.1, -0.05) is 65.5 Å². The normalized spacial score (nSPS) is 10.0. The summed E-state index contributed by atoms with van der Waals surface area (Å²) in [5.74, 6) is 5.60. The van der Waals surface area contributed by atoms with E-state index in [4.69, 9.17) is 0 Å². The van der Waals surface area contributed by atoms with Crippen LogP contribution in [0.5, 0.6) is 0 Å². The number of aliphatic hydroxyl groups excluding tert-OH is 1. The molecule has 1 rings (SSSR count). The third-order valence-corrected chi connectivity index (χ3v) is 5.16. The highest BCUT2D eigenvalue weighted by Crippen LogP contribution is 2.42. The Morgan fingerprint density at radius 1 is 0.806 bits per heavy atom. The van der Waals surface area contributed by atoms with Gasteiger partial charge in [-0.15, -0.1) is 5.73 Å². The third-order valence-electron chi connectivity index (χ3n) is 5.16. The van der Waals surface area contributed by atoms with Crippen LogP contribution < -0.4 is 4.90 Å². The van der Waals surface area contributed by atoms with E-state index in [9.17, 15) is 26.2 Å². The SMILES string of the molecule is CN(C)c1ccc(C(=C(C#N)C#N)C(C(=C=C(C#CCO)C(C)(C)C)C(C)(C)C)=C(C#N)C#N)cc1. The molecule has 0 saturated heterocycles. The first-order valence-corrected chi connectivity index (χ1v) is 11.3. The number of hydrogen-bond donors (Lipinski definition) is 1. The lowest BCUT2D eigenvalue weighted by Gasteiger charge is -2.27. The summed E-state index contributed by atoms with van der Waals surface area (Å²) in [6.45, 7) is 11.2. The van der Waals surface area contributed by atoms with Crippen molar-refractivity contribution in [2.45, 2.75) is 41.5 Å². The first kappa shape index (κ1) is 29.5. The van der Waals surface area contributed by atoms with E-state index in [2.05, 4.69) is 17.6 Å². The minimum Gasteiger partial charge on any atom is -0.384 e. The molecular formula is C30H31N5O. The summed E-state index contributed by atoms with van der Waals surface area (Å²) < 4.78 is 0. The van der Waals surface area contributed by atoms with Crippen molar-refractivity contribution in [3.05, 3.63) is 63.4 Å². The Hall–Kier alpha value is -4.50. The van der Waals surface area contributed by atoms with Crippen LogP contribution in [0.4, 0.5) is 5.69 Å². The van der Waals surface area contributed by atoms with E-state index in [0.29, 0.717) is 16.7 Å². The second-order valence-corrected chi connectivity index (χ2v) is 10.2. The number of rotatable bonds is 4. The molecule has 182 valence electrons. The Labute approximate surface area is 215 Å². The molecule has 1 N–H and O–H groups in total. The molecule has 0 heterocycles. The van der Waals surface area contributed by atoms with Crippen LogP contribution in [-0.2, 0) is 0 Å². The molecule has 0 radical (unpaired) electrons. The number of hydrogen-bond acceptors (Lipinski definition) is 6. The molecule has 6 nitrogen and oxygen atoms in total. The van der Waals surface area contributed by atoms with Crippen LogP contribution >= 0.6 is 0 Å². The lowest BCUT2D eigenvalue weighted by atomic mass is 9.74. The molecule has 0 bridgehead atoms. The molecule has 0 fully saturated rings. The largest absolute Gasteiger partial charge is 0.384 e. The van der Waals surface area contributed by atoms with Gasteiger partial charge in [-0.05, 0) is 23.1 Å². The van der Waals surface area contributed by atoms with Gasteiger partial charge in [0.05, 0.1) is 0 Å². The smallest absolute Gasteiger partial charge is 0.138 e. The maximum Gasteiger partial charge on any atom is 0.138 e. The van der Waals surface area contributed by atoms with Crippen LogP contribution in [0.2, 0.25) is 0 Å². The fourth-order valence-electron chi connectivity index (χ4n) is 3.27. The number of allylic oxidation sites excluding steroid dienone is 5. The molecule has 0 aliphatic heterocycles. The first-order valence-electron chi connectivity index (χ1n) is 11.3. The van der Waals surface area contributed by atoms with Crippen LogP contribution in [0.1, 0.15) is 47.1 Å². The Bertz CT molecular complexity index is 1330. The fourth-order valence-corrected chi connectivity index (χ4v) is 3.27. The zero-order valence-corrected chi connectivity index (χ0v) is 22.2. The lowest BCUT2D eigenvalue weighted by Crippen LogP contribution is -2.16. The molecule has 0 aromatic heterocycles. The van der Waals surface area contributed by atoms with E-state index >= 15 is 0 Å². The molecule has 0 atom stereocenters. The molecule has 0 aliphatic rings. The maximum absolute atomic E-state index is 9.95. The first-order chi connectivity index (χ1) is 16.8. The van der Waals surface area contributed by atoms with Crippen molar-refractivity contribution >= 4 is 11.3 Å². The molecule has 0 unspecified atom stereocenters. The van der Waals surface area contributed by atoms with Gasteiger partial charge in [-0.3, -0.25) is 0 Å². The molecule has 1 aromatic rings. The monoisotopic (exact) mass is 477 g/mol. The van der Waals surface area contributed by atoms with Gasteiger partial charge in [0.15, 0.2) is 0 Å². The topological polar surface area (TPSA) is 119 Å². The molecule has 6 heteroatoms. The Morgan fingerprint density at radius 2 is 1.31 bits per heavy atom. The maximum atomic E-state index is 9.95. The number of anilines is 1. The van der Waals surface area contributed by atoms with Crippen molar-refractivity contribution in [2.75, 3.05) is 25.6 Å². The molecule has 0 aliphatic carbocycles. The molecule has 0 amide bonds. The number of aliphatic hydroxyl groups is 1. The highest BCUT2D eigenvalue weighted by Gasteiger charge is 2.30. The van der Waals surface area contributed by atoms with Crippen LogP contribution in [0.3, 0.4) is 0 Å². The van der Waals surface area contributed by atoms with Crippen molar-refractivity contribution in [1.82, 2.24) is 0 Å². The summed E-state index contributed by atoms with van der Waals surface area (Å²) in [6, 6.07) is 15.0. The van der Waals surface area contributed by atoms with Gasteiger partial charge in [-0.2, -0.15) is 21.0 Å². The highest BCUT2D eigenvalue weighted by molar-refractivity contribution is 5.92. The lowest BCUT2D eigenvalue weighted by molar-refractivity contribution is 0.350. The van der Waals surface area contributed by atoms with E-state index in [1.54, 1.807) is 12.1 Å². The summed E-state index contributed by atoms with van der Waals surface area (Å²) in [4.78, 5) is 1.91. The minimum atomic E-state index is -0.670. The zero-order valence-electron chi connectivity index (χ0n) is 22.2. The van der Waals surface area contributed by atoms with E-state index < -0.39 is 10.8 Å². The van der Waals surface area contributed by atoms with Gasteiger partial charge in [0.2, 0.25) is 0 Å². The molecule has 0 spiro atoms. The Morgan fingerprint density at radius 3 is 1.67 bits per heavy atom. The van der Waals surface area contributed by atoms with Gasteiger partial charge in [0.1, 0.15) is 42.0 Å². The van der Waals surface area contributed by atoms with Gasteiger partial charge >= 0.3 is 0 Å². The molecular weight excluding hydrogens is 446 g/mol. The number of nitrogens with zero attached hydrogens (tertiary/aromatic N) is 5. The fraction of sp³-hybridized carbons (Fsp3) is 0.367. The van der Waals surface area contributed by atoms with Gasteiger partial charge in [0.25, 0.3) is 0 Å². The summed E-state index contributed by atoms with van der Waals surface area (Å²) in [5, 5.41) is 48.9. The van der Waals surface area contributed by atoms with E-state index in [-0.39, 0.29) is 28.9 Å². The van der Waals surface area contributed by atoms with Crippen LogP contribution in [-0.4, -0.2) is 25.8 Å². The van der Waals surface area contributed by atoms with Crippen LogP contribution in [0.15, 0.2) is 57.9 Å². The zero-order chi connectivity index (χ0) is 27.7.